The van der Waals surface area contributed by atoms with E-state index in [1.807, 2.05) is 13.8 Å². The molecule has 8 nitrogen and oxygen atoms in total. The van der Waals surface area contributed by atoms with E-state index in [0.717, 1.165) is 4.31 Å². The Labute approximate surface area is 262 Å². The molecule has 1 atom stereocenters. The van der Waals surface area contributed by atoms with Crippen molar-refractivity contribution in [3.63, 3.8) is 0 Å². The fourth-order valence-electron chi connectivity index (χ4n) is 4.19. The zero-order valence-corrected chi connectivity index (χ0v) is 26.9. The normalized spacial score (nSPS) is 12.1. The van der Waals surface area contributed by atoms with Crippen LogP contribution in [0.15, 0.2) is 71.6 Å². The Kier molecular flexibility index (Phi) is 11.9. The number of carbonyl (C=O) groups is 2. The van der Waals surface area contributed by atoms with Crippen LogP contribution in [-0.2, 0) is 26.2 Å². The number of nitrogens with zero attached hydrogens (tertiary/aromatic N) is 2. The molecule has 0 aromatic heterocycles. The van der Waals surface area contributed by atoms with Gasteiger partial charge in [-0.05, 0) is 78.6 Å². The number of carbonyl (C=O) groups excluding carboxylic acids is 2. The summed E-state index contributed by atoms with van der Waals surface area (Å²) in [6.07, 6.45) is 0.285. The molecule has 12 heteroatoms. The molecule has 226 valence electrons. The quantitative estimate of drug-likeness (QED) is 0.229. The van der Waals surface area contributed by atoms with Gasteiger partial charge in [-0.15, -0.1) is 0 Å². The maximum atomic E-state index is 14.1. The molecule has 3 aromatic carbocycles. The Morgan fingerprint density at radius 3 is 2.10 bits per heavy atom. The summed E-state index contributed by atoms with van der Waals surface area (Å²) in [6, 6.07) is 15.9. The molecule has 42 heavy (non-hydrogen) atoms. The van der Waals surface area contributed by atoms with Crippen LogP contribution in [0.25, 0.3) is 0 Å². The Balaban J connectivity index is 2.06. The van der Waals surface area contributed by atoms with Crippen LogP contribution in [0.2, 0.25) is 15.1 Å². The highest BCUT2D eigenvalue weighted by Crippen LogP contribution is 2.28. The van der Waals surface area contributed by atoms with Crippen molar-refractivity contribution in [1.29, 1.82) is 0 Å². The van der Waals surface area contributed by atoms with Crippen LogP contribution in [0.5, 0.6) is 5.75 Å². The lowest BCUT2D eigenvalue weighted by Gasteiger charge is -2.33. The monoisotopic (exact) mass is 653 g/mol. The highest BCUT2D eigenvalue weighted by Gasteiger charge is 2.34. The Morgan fingerprint density at radius 2 is 1.55 bits per heavy atom. The number of hydrogen-bond acceptors (Lipinski definition) is 5. The summed E-state index contributed by atoms with van der Waals surface area (Å²) in [7, 11) is -2.76. The minimum atomic E-state index is -4.24. The van der Waals surface area contributed by atoms with Crippen LogP contribution in [0.4, 0.5) is 5.69 Å². The van der Waals surface area contributed by atoms with Crippen LogP contribution in [0.1, 0.15) is 32.8 Å². The fraction of sp³-hybridized carbons (Fsp3) is 0.333. The minimum Gasteiger partial charge on any atom is -0.497 e. The average Bonchev–Trinajstić information content (AvgIpc) is 2.96. The largest absolute Gasteiger partial charge is 0.497 e. The third-order valence-electron chi connectivity index (χ3n) is 6.47. The zero-order chi connectivity index (χ0) is 31.0. The number of amides is 2. The van der Waals surface area contributed by atoms with Gasteiger partial charge in [0, 0.05) is 28.2 Å². The molecular formula is C30H34Cl3N3O5S. The van der Waals surface area contributed by atoms with Crippen LogP contribution in [0.3, 0.4) is 0 Å². The lowest BCUT2D eigenvalue weighted by atomic mass is 10.1. The number of ether oxygens (including phenoxy) is 1. The second kappa shape index (κ2) is 15.0. The van der Waals surface area contributed by atoms with E-state index in [9.17, 15) is 18.0 Å². The summed E-state index contributed by atoms with van der Waals surface area (Å²) >= 11 is 18.6. The average molecular weight is 655 g/mol. The lowest BCUT2D eigenvalue weighted by molar-refractivity contribution is -0.140. The summed E-state index contributed by atoms with van der Waals surface area (Å²) in [5.74, 6) is -0.274. The van der Waals surface area contributed by atoms with Gasteiger partial charge in [0.1, 0.15) is 18.3 Å². The van der Waals surface area contributed by atoms with Crippen molar-refractivity contribution in [2.75, 3.05) is 24.5 Å². The Hall–Kier alpha value is -2.98. The van der Waals surface area contributed by atoms with Crippen molar-refractivity contribution in [3.05, 3.63) is 87.4 Å². The third kappa shape index (κ3) is 8.53. The molecule has 0 radical (unpaired) electrons. The van der Waals surface area contributed by atoms with Crippen LogP contribution in [-0.4, -0.2) is 51.4 Å². The number of methoxy groups -OCH3 is 1. The van der Waals surface area contributed by atoms with E-state index in [1.165, 1.54) is 60.5 Å². The molecule has 3 aromatic rings. The second-order valence-electron chi connectivity index (χ2n) is 9.98. The van der Waals surface area contributed by atoms with Gasteiger partial charge < -0.3 is 15.0 Å². The topological polar surface area (TPSA) is 96.0 Å². The molecule has 0 aliphatic heterocycles. The van der Waals surface area contributed by atoms with Crippen molar-refractivity contribution in [3.8, 4) is 5.75 Å². The van der Waals surface area contributed by atoms with Gasteiger partial charge in [0.05, 0.1) is 17.7 Å². The number of halogens is 3. The SMILES string of the molecule is CC[C@@H](C(=O)NCC(C)C)N(Cc1ccc(Cl)cc1Cl)C(=O)CN(c1ccc(Cl)cc1)S(=O)(=O)c1ccc(OC)cc1. The minimum absolute atomic E-state index is 0.0416. The smallest absolute Gasteiger partial charge is 0.264 e. The fourth-order valence-corrected chi connectivity index (χ4v) is 6.19. The standard InChI is InChI=1S/C30H34Cl3N3O5S/c1-5-28(30(38)34-17-20(2)3)35(18-21-6-7-23(32)16-27(21)33)29(37)19-36(24-10-8-22(31)9-11-24)42(39,40)26-14-12-25(41-4)13-15-26/h6-16,20,28H,5,17-19H2,1-4H3,(H,34,38)/t28-/m0/s1. The van der Waals surface area contributed by atoms with E-state index in [2.05, 4.69) is 5.32 Å². The number of hydrogen-bond donors (Lipinski definition) is 1. The zero-order valence-electron chi connectivity index (χ0n) is 23.8. The first-order valence-corrected chi connectivity index (χ1v) is 15.9. The van der Waals surface area contributed by atoms with E-state index in [4.69, 9.17) is 39.5 Å². The van der Waals surface area contributed by atoms with E-state index >= 15 is 0 Å². The van der Waals surface area contributed by atoms with Gasteiger partial charge in [-0.2, -0.15) is 0 Å². The molecule has 0 aliphatic carbocycles. The molecule has 0 heterocycles. The molecule has 0 unspecified atom stereocenters. The Bertz CT molecular complexity index is 1480. The van der Waals surface area contributed by atoms with Gasteiger partial charge in [-0.1, -0.05) is 61.6 Å². The van der Waals surface area contributed by atoms with Crippen LogP contribution in [0, 0.1) is 5.92 Å². The van der Waals surface area contributed by atoms with E-state index in [1.54, 1.807) is 25.1 Å². The van der Waals surface area contributed by atoms with Gasteiger partial charge >= 0.3 is 0 Å². The molecular weight excluding hydrogens is 621 g/mol. The first-order chi connectivity index (χ1) is 19.9. The number of rotatable bonds is 13. The van der Waals surface area contributed by atoms with Crippen molar-refractivity contribution >= 4 is 62.3 Å². The first kappa shape index (κ1) is 33.5. The van der Waals surface area contributed by atoms with Crippen LogP contribution < -0.4 is 14.4 Å². The second-order valence-corrected chi connectivity index (χ2v) is 13.1. The summed E-state index contributed by atoms with van der Waals surface area (Å²) in [5, 5.41) is 4.03. The summed E-state index contributed by atoms with van der Waals surface area (Å²) < 4.78 is 34.1. The number of sulfonamides is 1. The van der Waals surface area contributed by atoms with Crippen molar-refractivity contribution in [2.24, 2.45) is 5.92 Å². The number of benzene rings is 3. The highest BCUT2D eigenvalue weighted by atomic mass is 35.5. The van der Waals surface area contributed by atoms with Gasteiger partial charge in [-0.25, -0.2) is 8.42 Å². The summed E-state index contributed by atoms with van der Waals surface area (Å²) in [5.41, 5.74) is 0.783. The van der Waals surface area contributed by atoms with Crippen LogP contribution >= 0.6 is 34.8 Å². The molecule has 0 saturated carbocycles. The van der Waals surface area contributed by atoms with Gasteiger partial charge in [0.25, 0.3) is 10.0 Å². The molecule has 0 spiro atoms. The van der Waals surface area contributed by atoms with Gasteiger partial charge in [-0.3, -0.25) is 13.9 Å². The molecule has 3 rings (SSSR count). The number of nitrogens with one attached hydrogen (secondary N) is 1. The lowest BCUT2D eigenvalue weighted by Crippen LogP contribution is -2.52. The molecule has 1 N–H and O–H groups in total. The molecule has 0 aliphatic rings. The van der Waals surface area contributed by atoms with E-state index in [-0.39, 0.29) is 35.4 Å². The molecule has 0 bridgehead atoms. The molecule has 0 fully saturated rings. The summed E-state index contributed by atoms with van der Waals surface area (Å²) in [4.78, 5) is 28.7. The first-order valence-electron chi connectivity index (χ1n) is 13.3. The summed E-state index contributed by atoms with van der Waals surface area (Å²) in [6.45, 7) is 5.50. The third-order valence-corrected chi connectivity index (χ3v) is 9.09. The predicted molar refractivity (Wildman–Crippen MR) is 168 cm³/mol. The van der Waals surface area contributed by atoms with E-state index < -0.39 is 28.5 Å². The van der Waals surface area contributed by atoms with E-state index in [0.29, 0.717) is 32.9 Å². The molecule has 0 saturated heterocycles. The molecule has 2 amide bonds. The van der Waals surface area contributed by atoms with Crippen molar-refractivity contribution in [2.45, 2.75) is 44.7 Å². The Morgan fingerprint density at radius 1 is 0.929 bits per heavy atom. The van der Waals surface area contributed by atoms with Gasteiger partial charge in [0.15, 0.2) is 0 Å². The maximum absolute atomic E-state index is 14.1. The highest BCUT2D eigenvalue weighted by molar-refractivity contribution is 7.92. The predicted octanol–water partition coefficient (Wildman–Crippen LogP) is 6.43. The number of anilines is 1. The maximum Gasteiger partial charge on any atom is 0.264 e. The van der Waals surface area contributed by atoms with Gasteiger partial charge in [0.2, 0.25) is 11.8 Å². The van der Waals surface area contributed by atoms with Crippen molar-refractivity contribution < 1.29 is 22.7 Å². The van der Waals surface area contributed by atoms with Crippen molar-refractivity contribution in [1.82, 2.24) is 10.2 Å².